The molecule has 1 heterocycles. The summed E-state index contributed by atoms with van der Waals surface area (Å²) in [5, 5.41) is 12.1. The molecule has 8 heteroatoms. The van der Waals surface area contributed by atoms with E-state index in [1.165, 1.54) is 6.33 Å². The van der Waals surface area contributed by atoms with Crippen molar-refractivity contribution in [2.45, 2.75) is 34.2 Å². The molecule has 1 N–H and O–H groups in total. The van der Waals surface area contributed by atoms with E-state index in [4.69, 9.17) is 4.84 Å². The van der Waals surface area contributed by atoms with Crippen molar-refractivity contribution in [2.75, 3.05) is 6.61 Å². The summed E-state index contributed by atoms with van der Waals surface area (Å²) in [5.41, 5.74) is 5.00. The van der Waals surface area contributed by atoms with Crippen LogP contribution in [0.5, 0.6) is 0 Å². The minimum absolute atomic E-state index is 0.220. The minimum atomic E-state index is -0.383. The summed E-state index contributed by atoms with van der Waals surface area (Å²) in [4.78, 5) is 20.9. The fraction of sp³-hybridized carbons (Fsp3) is 0.389. The molecule has 0 fully saturated rings. The maximum Gasteiger partial charge on any atom is 0.280 e. The number of aryl methyl sites for hydroxylation is 1. The number of amides is 1. The molecular formula is C18H24N6O2. The highest BCUT2D eigenvalue weighted by atomic mass is 16.6. The van der Waals surface area contributed by atoms with Crippen LogP contribution in [-0.4, -0.2) is 39.2 Å². The van der Waals surface area contributed by atoms with E-state index >= 15 is 0 Å². The van der Waals surface area contributed by atoms with Gasteiger partial charge >= 0.3 is 0 Å². The maximum atomic E-state index is 11.8. The molecule has 0 bridgehead atoms. The van der Waals surface area contributed by atoms with Gasteiger partial charge in [-0.1, -0.05) is 55.8 Å². The summed E-state index contributed by atoms with van der Waals surface area (Å²) in [5.74, 6) is -0.383. The summed E-state index contributed by atoms with van der Waals surface area (Å²) in [6, 6.07) is 7.80. The van der Waals surface area contributed by atoms with E-state index in [2.05, 4.69) is 25.8 Å². The molecule has 138 valence electrons. The molecule has 0 aliphatic rings. The molecule has 0 saturated carbocycles. The van der Waals surface area contributed by atoms with E-state index in [0.29, 0.717) is 6.54 Å². The van der Waals surface area contributed by atoms with Gasteiger partial charge in [-0.3, -0.25) is 4.79 Å². The minimum Gasteiger partial charge on any atom is -0.386 e. The SMILES string of the molecule is Cc1ccc(/C=N/NC(=O)CO/N=C(\Cn2cncn2)C(C)(C)C)cc1. The zero-order valence-electron chi connectivity index (χ0n) is 15.5. The van der Waals surface area contributed by atoms with Crippen LogP contribution in [-0.2, 0) is 16.2 Å². The molecule has 0 saturated heterocycles. The van der Waals surface area contributed by atoms with Crippen LogP contribution in [0.25, 0.3) is 0 Å². The second kappa shape index (κ2) is 8.89. The lowest BCUT2D eigenvalue weighted by Crippen LogP contribution is -2.27. The quantitative estimate of drug-likeness (QED) is 0.607. The Balaban J connectivity index is 1.84. The first-order valence-corrected chi connectivity index (χ1v) is 8.25. The normalized spacial score (nSPS) is 12.4. The summed E-state index contributed by atoms with van der Waals surface area (Å²) in [7, 11) is 0. The number of carbonyl (C=O) groups is 1. The van der Waals surface area contributed by atoms with Gasteiger partial charge in [-0.15, -0.1) is 0 Å². The highest BCUT2D eigenvalue weighted by molar-refractivity contribution is 5.88. The van der Waals surface area contributed by atoms with Crippen LogP contribution < -0.4 is 5.43 Å². The second-order valence-corrected chi connectivity index (χ2v) is 6.86. The van der Waals surface area contributed by atoms with E-state index < -0.39 is 0 Å². The summed E-state index contributed by atoms with van der Waals surface area (Å²) in [6.45, 7) is 8.27. The van der Waals surface area contributed by atoms with E-state index in [-0.39, 0.29) is 17.9 Å². The average Bonchev–Trinajstić information content (AvgIpc) is 3.08. The van der Waals surface area contributed by atoms with Crippen LogP contribution in [0.15, 0.2) is 47.2 Å². The highest BCUT2D eigenvalue weighted by Crippen LogP contribution is 2.17. The zero-order chi connectivity index (χ0) is 19.0. The van der Waals surface area contributed by atoms with Gasteiger partial charge in [0.05, 0.1) is 18.5 Å². The van der Waals surface area contributed by atoms with Crippen LogP contribution in [0.1, 0.15) is 31.9 Å². The molecule has 8 nitrogen and oxygen atoms in total. The monoisotopic (exact) mass is 356 g/mol. The topological polar surface area (TPSA) is 93.8 Å². The maximum absolute atomic E-state index is 11.8. The number of hydrogen-bond donors (Lipinski definition) is 1. The smallest absolute Gasteiger partial charge is 0.280 e. The molecule has 26 heavy (non-hydrogen) atoms. The van der Waals surface area contributed by atoms with Crippen LogP contribution in [0.3, 0.4) is 0 Å². The lowest BCUT2D eigenvalue weighted by atomic mass is 9.90. The predicted molar refractivity (Wildman–Crippen MR) is 99.8 cm³/mol. The van der Waals surface area contributed by atoms with Gasteiger partial charge in [-0.25, -0.2) is 15.1 Å². The zero-order valence-corrected chi connectivity index (χ0v) is 15.5. The molecule has 0 aliphatic heterocycles. The third-order valence-electron chi connectivity index (χ3n) is 3.49. The van der Waals surface area contributed by atoms with Gasteiger partial charge in [0, 0.05) is 5.41 Å². The Hall–Kier alpha value is -3.03. The van der Waals surface area contributed by atoms with Crippen LogP contribution >= 0.6 is 0 Å². The number of benzene rings is 1. The lowest BCUT2D eigenvalue weighted by molar-refractivity contribution is -0.125. The van der Waals surface area contributed by atoms with Gasteiger partial charge in [0.1, 0.15) is 12.7 Å². The van der Waals surface area contributed by atoms with Crippen molar-refractivity contribution in [3.05, 3.63) is 48.0 Å². The van der Waals surface area contributed by atoms with Crippen LogP contribution in [0.4, 0.5) is 0 Å². The molecule has 1 aromatic carbocycles. The molecule has 1 amide bonds. The Kier molecular flexibility index (Phi) is 6.60. The van der Waals surface area contributed by atoms with E-state index in [1.807, 2.05) is 52.0 Å². The Labute approximate surface area is 153 Å². The second-order valence-electron chi connectivity index (χ2n) is 6.86. The Morgan fingerprint density at radius 1 is 1.31 bits per heavy atom. The highest BCUT2D eigenvalue weighted by Gasteiger charge is 2.21. The van der Waals surface area contributed by atoms with Gasteiger partial charge in [0.15, 0.2) is 6.61 Å². The van der Waals surface area contributed by atoms with Crippen molar-refractivity contribution in [1.29, 1.82) is 0 Å². The molecule has 2 rings (SSSR count). The van der Waals surface area contributed by atoms with Crippen molar-refractivity contribution < 1.29 is 9.63 Å². The predicted octanol–water partition coefficient (Wildman–Crippen LogP) is 2.16. The summed E-state index contributed by atoms with van der Waals surface area (Å²) in [6.07, 6.45) is 4.64. The number of hydrazone groups is 1. The van der Waals surface area contributed by atoms with Gasteiger partial charge in [0.2, 0.25) is 0 Å². The van der Waals surface area contributed by atoms with Gasteiger partial charge in [0.25, 0.3) is 5.91 Å². The van der Waals surface area contributed by atoms with Crippen LogP contribution in [0.2, 0.25) is 0 Å². The van der Waals surface area contributed by atoms with Crippen LogP contribution in [0, 0.1) is 12.3 Å². The Morgan fingerprint density at radius 2 is 2.04 bits per heavy atom. The molecule has 0 radical (unpaired) electrons. The molecule has 0 unspecified atom stereocenters. The summed E-state index contributed by atoms with van der Waals surface area (Å²) >= 11 is 0. The van der Waals surface area contributed by atoms with E-state index in [1.54, 1.807) is 17.2 Å². The van der Waals surface area contributed by atoms with Crippen molar-refractivity contribution in [3.8, 4) is 0 Å². The number of carbonyl (C=O) groups excluding carboxylic acids is 1. The van der Waals surface area contributed by atoms with E-state index in [9.17, 15) is 4.79 Å². The first-order valence-electron chi connectivity index (χ1n) is 8.25. The third kappa shape index (κ3) is 6.46. The number of nitrogens with one attached hydrogen (secondary N) is 1. The molecule has 1 aromatic heterocycles. The van der Waals surface area contributed by atoms with Gasteiger partial charge in [-0.2, -0.15) is 10.2 Å². The number of aromatic nitrogens is 3. The molecule has 0 atom stereocenters. The largest absolute Gasteiger partial charge is 0.386 e. The fourth-order valence-electron chi connectivity index (χ4n) is 1.90. The Bertz CT molecular complexity index is 758. The van der Waals surface area contributed by atoms with Crippen molar-refractivity contribution in [3.63, 3.8) is 0 Å². The number of hydrogen-bond acceptors (Lipinski definition) is 6. The molecule has 0 aliphatic carbocycles. The Morgan fingerprint density at radius 3 is 2.65 bits per heavy atom. The number of nitrogens with zero attached hydrogens (tertiary/aromatic N) is 5. The average molecular weight is 356 g/mol. The first-order chi connectivity index (χ1) is 12.3. The molecule has 2 aromatic rings. The standard InChI is InChI=1S/C18H24N6O2/c1-14-5-7-15(8-6-14)9-20-22-17(25)11-26-23-16(18(2,3)4)10-24-13-19-12-21-24/h5-9,12-13H,10-11H2,1-4H3,(H,22,25)/b20-9+,23-16+. The lowest BCUT2D eigenvalue weighted by Gasteiger charge is -2.20. The van der Waals surface area contributed by atoms with Crippen molar-refractivity contribution in [2.24, 2.45) is 15.7 Å². The third-order valence-corrected chi connectivity index (χ3v) is 3.49. The number of rotatable bonds is 7. The van der Waals surface area contributed by atoms with Crippen molar-refractivity contribution >= 4 is 17.8 Å². The summed E-state index contributed by atoms with van der Waals surface area (Å²) < 4.78 is 1.65. The van der Waals surface area contributed by atoms with Crippen molar-refractivity contribution in [1.82, 2.24) is 20.2 Å². The fourth-order valence-corrected chi connectivity index (χ4v) is 1.90. The van der Waals surface area contributed by atoms with Gasteiger partial charge in [-0.05, 0) is 12.5 Å². The van der Waals surface area contributed by atoms with Gasteiger partial charge < -0.3 is 4.84 Å². The first kappa shape index (κ1) is 19.3. The van der Waals surface area contributed by atoms with E-state index in [0.717, 1.165) is 16.8 Å². The molecule has 0 spiro atoms. The number of oxime groups is 1. The molecular weight excluding hydrogens is 332 g/mol.